The number of ether oxygens (including phenoxy) is 1. The maximum atomic E-state index is 15.0. The largest absolute Gasteiger partial charge is 0.497 e. The lowest BCUT2D eigenvalue weighted by atomic mass is 9.92. The second-order valence-electron chi connectivity index (χ2n) is 25.9. The van der Waals surface area contributed by atoms with Crippen LogP contribution in [0.4, 0.5) is 13.2 Å². The number of fused-ring (bicyclic) bond motifs is 1. The van der Waals surface area contributed by atoms with E-state index in [0.29, 0.717) is 37.0 Å². The van der Waals surface area contributed by atoms with Crippen LogP contribution in [0.5, 0.6) is 5.75 Å². The summed E-state index contributed by atoms with van der Waals surface area (Å²) in [5.74, 6) is -7.82. The van der Waals surface area contributed by atoms with Crippen molar-refractivity contribution in [1.29, 1.82) is 0 Å². The van der Waals surface area contributed by atoms with Gasteiger partial charge in [-0.2, -0.15) is 13.2 Å². The van der Waals surface area contributed by atoms with Gasteiger partial charge in [0, 0.05) is 67.7 Å². The summed E-state index contributed by atoms with van der Waals surface area (Å²) in [6.07, 6.45) is -2.87. The van der Waals surface area contributed by atoms with Crippen LogP contribution in [0.3, 0.4) is 0 Å². The molecule has 4 N–H and O–H groups in total. The van der Waals surface area contributed by atoms with E-state index in [1.165, 1.54) is 70.2 Å². The summed E-state index contributed by atoms with van der Waals surface area (Å²) in [6, 6.07) is 1.71. The van der Waals surface area contributed by atoms with Crippen LogP contribution in [0.25, 0.3) is 0 Å². The second kappa shape index (κ2) is 32.9. The number of methoxy groups -OCH3 is 1. The van der Waals surface area contributed by atoms with Crippen LogP contribution < -0.4 is 26.0 Å². The Morgan fingerprint density at radius 3 is 1.85 bits per heavy atom. The van der Waals surface area contributed by atoms with Crippen molar-refractivity contribution in [2.24, 2.45) is 17.8 Å². The molecule has 3 fully saturated rings. The molecule has 0 aromatic heterocycles. The van der Waals surface area contributed by atoms with Crippen LogP contribution in [0.1, 0.15) is 129 Å². The predicted molar refractivity (Wildman–Crippen MR) is 338 cm³/mol. The van der Waals surface area contributed by atoms with Gasteiger partial charge in [-0.1, -0.05) is 90.6 Å². The maximum Gasteiger partial charge on any atom is 0.417 e. The number of hydrogen-bond acceptors (Lipinski definition) is 12. The number of amides is 11. The molecule has 11 amide bonds. The fraction of sp³-hybridized carbons (Fsp3) is 0.646. The average molecular weight is 1310 g/mol. The van der Waals surface area contributed by atoms with Crippen molar-refractivity contribution in [1.82, 2.24) is 55.6 Å². The summed E-state index contributed by atoms with van der Waals surface area (Å²) in [5, 5.41) is 10.9. The Labute approximate surface area is 543 Å². The van der Waals surface area contributed by atoms with Crippen LogP contribution in [-0.4, -0.2) is 223 Å². The highest BCUT2D eigenvalue weighted by atomic mass is 35.5. The molecule has 2 aromatic rings. The lowest BCUT2D eigenvalue weighted by Gasteiger charge is -2.39. The Kier molecular flexibility index (Phi) is 26.9. The molecule has 5 rings (SSSR count). The van der Waals surface area contributed by atoms with E-state index in [4.69, 9.17) is 16.3 Å². The minimum atomic E-state index is -4.76. The minimum Gasteiger partial charge on any atom is -0.497 e. The topological polar surface area (TPSA) is 268 Å². The summed E-state index contributed by atoms with van der Waals surface area (Å²) in [7, 11) is 9.79. The first-order chi connectivity index (χ1) is 43.0. The van der Waals surface area contributed by atoms with Crippen LogP contribution in [0, 0.1) is 17.8 Å². The molecule has 0 unspecified atom stereocenters. The molecule has 510 valence electrons. The molecule has 2 aromatic carbocycles. The van der Waals surface area contributed by atoms with Crippen molar-refractivity contribution in [3.63, 3.8) is 0 Å². The van der Waals surface area contributed by atoms with Gasteiger partial charge in [0.25, 0.3) is 0 Å². The van der Waals surface area contributed by atoms with Crippen LogP contribution in [-0.2, 0) is 71.8 Å². The number of likely N-dealkylation sites (N-methyl/N-ethyl adjacent to an activating group) is 6. The number of nitrogens with zero attached hydrogens (tertiary/aromatic N) is 7. The number of aryl methyl sites for hydroxylation is 1. The molecule has 8 atom stereocenters. The van der Waals surface area contributed by atoms with Gasteiger partial charge >= 0.3 is 6.18 Å². The zero-order valence-corrected chi connectivity index (χ0v) is 56.4. The maximum absolute atomic E-state index is 15.0. The zero-order valence-electron chi connectivity index (χ0n) is 55.7. The molecule has 23 nitrogen and oxygen atoms in total. The third kappa shape index (κ3) is 19.3. The van der Waals surface area contributed by atoms with Gasteiger partial charge in [-0.25, -0.2) is 0 Å². The van der Waals surface area contributed by atoms with E-state index in [2.05, 4.69) is 21.3 Å². The van der Waals surface area contributed by atoms with E-state index in [9.17, 15) is 61.1 Å². The highest BCUT2D eigenvalue weighted by Crippen LogP contribution is 2.36. The van der Waals surface area contributed by atoms with Crippen molar-refractivity contribution in [3.05, 3.63) is 64.2 Å². The quantitative estimate of drug-likeness (QED) is 0.243. The lowest BCUT2D eigenvalue weighted by molar-refractivity contribution is -0.149. The van der Waals surface area contributed by atoms with E-state index in [-0.39, 0.29) is 69.4 Å². The van der Waals surface area contributed by atoms with E-state index in [1.807, 2.05) is 20.8 Å². The zero-order chi connectivity index (χ0) is 68.9. The number of carbonyl (C=O) groups is 11. The standard InChI is InChI=1S/C65H95ClF3N11O12/c1-15-40(6)55-62(90)76(10)36-53(83)74(8)37-54(84)78(12)50(34-43-20-24-44(92-14)25-21-43)61(89)75(9)35-51(81)71-47(27-23-42-22-26-45(46(66)33-42)65(67,68)69)60(88)80-30-18-19-48(80)58(86)73-64(28-16-17-29-64)63(91)79(13)56(39(4)5)59(87)70-41(7)32-52(82)77(11)49(31-38(2)3)57(85)72-55/h20-22,24-26,33,38-41,47-50,55-56H,15-19,23,27-32,34-37H2,1-14H3,(H,70,87)(H,71,81)(H,72,85)(H,73,86)/t40-,41+,47-,48-,49-,50-,55-,56-/m0/s1. The lowest BCUT2D eigenvalue weighted by Crippen LogP contribution is -2.64. The Hall–Kier alpha value is -7.51. The predicted octanol–water partition coefficient (Wildman–Crippen LogP) is 4.45. The number of nitrogens with one attached hydrogen (secondary N) is 4. The number of rotatable bonds is 11. The van der Waals surface area contributed by atoms with Crippen molar-refractivity contribution in [3.8, 4) is 5.75 Å². The monoisotopic (exact) mass is 1310 g/mol. The van der Waals surface area contributed by atoms with Gasteiger partial charge in [0.15, 0.2) is 0 Å². The van der Waals surface area contributed by atoms with Crippen molar-refractivity contribution < 1.29 is 70.6 Å². The van der Waals surface area contributed by atoms with E-state index in [0.717, 1.165) is 31.7 Å². The van der Waals surface area contributed by atoms with Gasteiger partial charge < -0.3 is 60.3 Å². The number of hydrogen-bond donors (Lipinski definition) is 4. The van der Waals surface area contributed by atoms with Gasteiger partial charge in [-0.05, 0) is 105 Å². The highest BCUT2D eigenvalue weighted by molar-refractivity contribution is 6.31. The Bertz CT molecular complexity index is 3000. The number of halogens is 4. The highest BCUT2D eigenvalue weighted by Gasteiger charge is 2.49. The second-order valence-corrected chi connectivity index (χ2v) is 26.3. The van der Waals surface area contributed by atoms with Crippen molar-refractivity contribution in [2.45, 2.75) is 180 Å². The summed E-state index contributed by atoms with van der Waals surface area (Å²) in [4.78, 5) is 168. The smallest absolute Gasteiger partial charge is 0.417 e. The van der Waals surface area contributed by atoms with Crippen molar-refractivity contribution >= 4 is 76.6 Å². The van der Waals surface area contributed by atoms with E-state index in [1.54, 1.807) is 52.0 Å². The molecule has 2 aliphatic heterocycles. The molecule has 92 heavy (non-hydrogen) atoms. The van der Waals surface area contributed by atoms with Crippen LogP contribution in [0.2, 0.25) is 5.02 Å². The first kappa shape index (κ1) is 75.2. The van der Waals surface area contributed by atoms with Gasteiger partial charge in [-0.3, -0.25) is 52.7 Å². The Balaban J connectivity index is 1.56. The van der Waals surface area contributed by atoms with Crippen molar-refractivity contribution in [2.75, 3.05) is 75.6 Å². The van der Waals surface area contributed by atoms with Crippen LogP contribution in [0.15, 0.2) is 42.5 Å². The fourth-order valence-corrected chi connectivity index (χ4v) is 12.6. The molecule has 1 aliphatic carbocycles. The molecule has 1 saturated carbocycles. The molecular formula is C65H95ClF3N11O12. The van der Waals surface area contributed by atoms with E-state index < -0.39 is 161 Å². The molecule has 0 radical (unpaired) electrons. The van der Waals surface area contributed by atoms with Gasteiger partial charge in [-0.15, -0.1) is 0 Å². The van der Waals surface area contributed by atoms with Gasteiger partial charge in [0.1, 0.15) is 47.5 Å². The number of alkyl halides is 3. The molecule has 2 saturated heterocycles. The minimum absolute atomic E-state index is 0.0357. The summed E-state index contributed by atoms with van der Waals surface area (Å²) in [5.41, 5.74) is -1.73. The fourth-order valence-electron chi connectivity index (χ4n) is 12.3. The number of carbonyl (C=O) groups excluding carboxylic acids is 11. The van der Waals surface area contributed by atoms with Gasteiger partial charge in [0.05, 0.1) is 37.3 Å². The molecule has 3 aliphatic rings. The normalized spacial score (nSPS) is 24.7. The van der Waals surface area contributed by atoms with Crippen LogP contribution >= 0.6 is 11.6 Å². The Morgan fingerprint density at radius 1 is 0.674 bits per heavy atom. The SMILES string of the molecule is CC[C@H](C)[C@@H]1NC(=O)[C@H](CC(C)C)N(C)C(=O)C[C@@H](C)NC(=O)[C@H](C(C)C)N(C)C(=O)C2(CCCC2)NC(=O)[C@@H]2CCCN2C(=O)[C@H](CCc2ccc(C(F)(F)F)c(Cl)c2)NC(=O)CN(C)C(=O)[C@H](Cc2ccc(OC)cc2)N(C)C(=O)CN(C)C(=O)CN(C)C1=O. The third-order valence-corrected chi connectivity index (χ3v) is 18.3. The molecule has 1 spiro atoms. The summed E-state index contributed by atoms with van der Waals surface area (Å²) >= 11 is 6.11. The Morgan fingerprint density at radius 2 is 1.27 bits per heavy atom. The summed E-state index contributed by atoms with van der Waals surface area (Å²) < 4.78 is 46.6. The average Bonchev–Trinajstić information content (AvgIpc) is 1.55. The number of benzene rings is 2. The first-order valence-electron chi connectivity index (χ1n) is 31.6. The molecule has 27 heteroatoms. The third-order valence-electron chi connectivity index (χ3n) is 17.9. The molecular weight excluding hydrogens is 1220 g/mol. The van der Waals surface area contributed by atoms with E-state index >= 15 is 4.79 Å². The molecule has 0 bridgehead atoms. The first-order valence-corrected chi connectivity index (χ1v) is 32.0. The molecule has 2 heterocycles. The summed E-state index contributed by atoms with van der Waals surface area (Å²) in [6.45, 7) is 10.7. The van der Waals surface area contributed by atoms with Gasteiger partial charge in [0.2, 0.25) is 65.0 Å².